The van der Waals surface area contributed by atoms with Crippen LogP contribution in [-0.2, 0) is 16.0 Å². The summed E-state index contributed by atoms with van der Waals surface area (Å²) < 4.78 is 16.0. The van der Waals surface area contributed by atoms with Gasteiger partial charge in [-0.2, -0.15) is 0 Å². The third-order valence-corrected chi connectivity index (χ3v) is 6.88. The summed E-state index contributed by atoms with van der Waals surface area (Å²) in [6.45, 7) is 10.2. The molecule has 45 heavy (non-hydrogen) atoms. The van der Waals surface area contributed by atoms with E-state index in [1.54, 1.807) is 99.6 Å². The summed E-state index contributed by atoms with van der Waals surface area (Å²) >= 11 is 0. The van der Waals surface area contributed by atoms with Gasteiger partial charge in [0.05, 0.1) is 31.7 Å². The number of aromatic nitrogens is 1. The lowest BCUT2D eigenvalue weighted by Crippen LogP contribution is -2.40. The number of amides is 4. The lowest BCUT2D eigenvalue weighted by molar-refractivity contribution is 0.0365. The number of hydrogen-bond acceptors (Lipinski definition) is 8. The van der Waals surface area contributed by atoms with Gasteiger partial charge in [0.15, 0.2) is 0 Å². The molecule has 240 valence electrons. The van der Waals surface area contributed by atoms with Gasteiger partial charge >= 0.3 is 12.1 Å². The molecular formula is C33H42N6O6. The molecule has 2 aromatic carbocycles. The zero-order valence-corrected chi connectivity index (χ0v) is 26.3. The third kappa shape index (κ3) is 10.8. The summed E-state index contributed by atoms with van der Waals surface area (Å²) in [7, 11) is 1.59. The first-order valence-electron chi connectivity index (χ1n) is 14.9. The number of para-hydroxylation sites is 2. The van der Waals surface area contributed by atoms with Crippen molar-refractivity contribution in [3.05, 3.63) is 78.1 Å². The van der Waals surface area contributed by atoms with Gasteiger partial charge < -0.3 is 29.7 Å². The number of urea groups is 1. The number of nitrogens with one attached hydrogen (secondary N) is 3. The third-order valence-electron chi connectivity index (χ3n) is 6.88. The number of methoxy groups -OCH3 is 1. The molecule has 12 heteroatoms. The second-order valence-electron chi connectivity index (χ2n) is 11.6. The highest BCUT2D eigenvalue weighted by Crippen LogP contribution is 2.23. The highest BCUT2D eigenvalue weighted by molar-refractivity contribution is 6.05. The van der Waals surface area contributed by atoms with E-state index in [-0.39, 0.29) is 11.7 Å². The first-order valence-corrected chi connectivity index (χ1v) is 14.9. The van der Waals surface area contributed by atoms with Crippen molar-refractivity contribution in [1.29, 1.82) is 0 Å². The Bertz CT molecular complexity index is 1420. The fourth-order valence-electron chi connectivity index (χ4n) is 4.61. The molecule has 1 aromatic heterocycles. The quantitative estimate of drug-likeness (QED) is 0.259. The molecule has 0 bridgehead atoms. The Morgan fingerprint density at radius 1 is 0.933 bits per heavy atom. The van der Waals surface area contributed by atoms with Gasteiger partial charge in [0.25, 0.3) is 5.91 Å². The predicted octanol–water partition coefficient (Wildman–Crippen LogP) is 5.45. The Labute approximate surface area is 264 Å². The molecule has 1 aliphatic rings. The molecule has 0 radical (unpaired) electrons. The predicted molar refractivity (Wildman–Crippen MR) is 173 cm³/mol. The zero-order valence-electron chi connectivity index (χ0n) is 26.3. The van der Waals surface area contributed by atoms with Crippen LogP contribution in [0, 0.1) is 0 Å². The molecule has 0 atom stereocenters. The van der Waals surface area contributed by atoms with Crippen molar-refractivity contribution in [1.82, 2.24) is 14.8 Å². The molecule has 12 nitrogen and oxygen atoms in total. The number of benzene rings is 2. The maximum Gasteiger partial charge on any atom is 0.412 e. The Morgan fingerprint density at radius 3 is 2.24 bits per heavy atom. The Hall–Kier alpha value is -4.68. The average Bonchev–Trinajstić information content (AvgIpc) is 3.02. The van der Waals surface area contributed by atoms with Gasteiger partial charge in [-0.1, -0.05) is 18.2 Å². The number of morpholine rings is 1. The van der Waals surface area contributed by atoms with Crippen molar-refractivity contribution in [2.75, 3.05) is 62.5 Å². The minimum Gasteiger partial charge on any atom is -0.497 e. The second-order valence-corrected chi connectivity index (χ2v) is 11.6. The highest BCUT2D eigenvalue weighted by atomic mass is 16.6. The van der Waals surface area contributed by atoms with Crippen LogP contribution in [0.3, 0.4) is 0 Å². The van der Waals surface area contributed by atoms with Crippen molar-refractivity contribution in [3.63, 3.8) is 0 Å². The standard InChI is InChI=1S/C33H42N6O6/c1-33(2,3)45-32(42)37-28-9-6-5-8-27(28)36-30(40)29-15-10-24(22-34-29)23-39(17-7-16-38-18-20-44-21-19-38)31(41)35-25-11-13-26(43-4)14-12-25/h5-6,8-15,22H,7,16-21,23H2,1-4H3,(H,35,41)(H,36,40)(H,37,42). The van der Waals surface area contributed by atoms with Crippen LogP contribution in [0.1, 0.15) is 43.2 Å². The monoisotopic (exact) mass is 618 g/mol. The number of carbonyl (C=O) groups is 3. The molecule has 1 fully saturated rings. The average molecular weight is 619 g/mol. The summed E-state index contributed by atoms with van der Waals surface area (Å²) in [5.41, 5.74) is 1.75. The van der Waals surface area contributed by atoms with E-state index in [1.807, 2.05) is 0 Å². The van der Waals surface area contributed by atoms with Crippen LogP contribution in [0.15, 0.2) is 66.9 Å². The molecule has 0 unspecified atom stereocenters. The number of rotatable bonds is 11. The Kier molecular flexibility index (Phi) is 11.7. The van der Waals surface area contributed by atoms with E-state index in [0.717, 1.165) is 44.8 Å². The fraction of sp³-hybridized carbons (Fsp3) is 0.394. The zero-order chi connectivity index (χ0) is 32.2. The van der Waals surface area contributed by atoms with Crippen LogP contribution in [0.25, 0.3) is 0 Å². The largest absolute Gasteiger partial charge is 0.497 e. The number of carbonyl (C=O) groups excluding carboxylic acids is 3. The normalized spacial score (nSPS) is 13.4. The van der Waals surface area contributed by atoms with Gasteiger partial charge in [0.2, 0.25) is 0 Å². The Morgan fingerprint density at radius 2 is 1.62 bits per heavy atom. The van der Waals surface area contributed by atoms with E-state index in [1.165, 1.54) is 0 Å². The van der Waals surface area contributed by atoms with E-state index >= 15 is 0 Å². The molecule has 1 saturated heterocycles. The first kappa shape index (κ1) is 33.2. The minimum atomic E-state index is -0.664. The molecule has 4 amide bonds. The lowest BCUT2D eigenvalue weighted by Gasteiger charge is -2.28. The Balaban J connectivity index is 1.40. The van der Waals surface area contributed by atoms with Gasteiger partial charge in [-0.15, -0.1) is 0 Å². The molecule has 0 spiro atoms. The van der Waals surface area contributed by atoms with Gasteiger partial charge in [0.1, 0.15) is 17.0 Å². The minimum absolute atomic E-state index is 0.187. The lowest BCUT2D eigenvalue weighted by atomic mass is 10.2. The summed E-state index contributed by atoms with van der Waals surface area (Å²) in [6.07, 6.45) is 1.76. The number of hydrogen-bond donors (Lipinski definition) is 3. The van der Waals surface area contributed by atoms with Crippen LogP contribution < -0.4 is 20.7 Å². The molecule has 0 saturated carbocycles. The second kappa shape index (κ2) is 15.9. The van der Waals surface area contributed by atoms with Crippen LogP contribution in [0.2, 0.25) is 0 Å². The van der Waals surface area contributed by atoms with Crippen molar-refractivity contribution >= 4 is 35.1 Å². The molecule has 0 aliphatic carbocycles. The van der Waals surface area contributed by atoms with E-state index in [9.17, 15) is 14.4 Å². The van der Waals surface area contributed by atoms with Crippen molar-refractivity contribution in [3.8, 4) is 5.75 Å². The number of nitrogens with zero attached hydrogens (tertiary/aromatic N) is 3. The van der Waals surface area contributed by atoms with Crippen molar-refractivity contribution in [2.45, 2.75) is 39.3 Å². The van der Waals surface area contributed by atoms with Crippen LogP contribution >= 0.6 is 0 Å². The number of ether oxygens (including phenoxy) is 3. The van der Waals surface area contributed by atoms with Gasteiger partial charge in [-0.05, 0) is 75.2 Å². The molecule has 4 rings (SSSR count). The number of pyridine rings is 1. The van der Waals surface area contributed by atoms with Gasteiger partial charge in [0, 0.05) is 44.6 Å². The van der Waals surface area contributed by atoms with E-state index < -0.39 is 17.6 Å². The van der Waals surface area contributed by atoms with Gasteiger partial charge in [-0.25, -0.2) is 9.59 Å². The molecule has 2 heterocycles. The van der Waals surface area contributed by atoms with Gasteiger partial charge in [-0.3, -0.25) is 20.0 Å². The van der Waals surface area contributed by atoms with Crippen LogP contribution in [0.4, 0.5) is 26.7 Å². The van der Waals surface area contributed by atoms with Crippen molar-refractivity contribution in [2.24, 2.45) is 0 Å². The van der Waals surface area contributed by atoms with Crippen LogP contribution in [-0.4, -0.2) is 84.9 Å². The van der Waals surface area contributed by atoms with E-state index in [4.69, 9.17) is 14.2 Å². The number of anilines is 3. The SMILES string of the molecule is COc1ccc(NC(=O)N(CCCN2CCOCC2)Cc2ccc(C(=O)Nc3ccccc3NC(=O)OC(C)(C)C)nc2)cc1. The summed E-state index contributed by atoms with van der Waals surface area (Å²) in [4.78, 5) is 47.1. The van der Waals surface area contributed by atoms with Crippen LogP contribution in [0.5, 0.6) is 5.75 Å². The highest BCUT2D eigenvalue weighted by Gasteiger charge is 2.19. The molecular weight excluding hydrogens is 576 g/mol. The fourth-order valence-corrected chi connectivity index (χ4v) is 4.61. The van der Waals surface area contributed by atoms with E-state index in [2.05, 4.69) is 25.8 Å². The topological polar surface area (TPSA) is 134 Å². The summed E-state index contributed by atoms with van der Waals surface area (Å²) in [5, 5.41) is 8.43. The molecule has 3 aromatic rings. The summed E-state index contributed by atoms with van der Waals surface area (Å²) in [6, 6.07) is 17.1. The maximum atomic E-state index is 13.3. The molecule has 1 aliphatic heterocycles. The first-order chi connectivity index (χ1) is 21.6. The van der Waals surface area contributed by atoms with E-state index in [0.29, 0.717) is 35.9 Å². The van der Waals surface area contributed by atoms with Crippen molar-refractivity contribution < 1.29 is 28.6 Å². The molecule has 3 N–H and O–H groups in total. The summed E-state index contributed by atoms with van der Waals surface area (Å²) in [5.74, 6) is 0.257. The smallest absolute Gasteiger partial charge is 0.412 e. The maximum absolute atomic E-state index is 13.3.